The maximum absolute atomic E-state index is 4.32. The van der Waals surface area contributed by atoms with Crippen LogP contribution in [0, 0.1) is 0 Å². The molecule has 0 atom stereocenters. The first-order valence-electron chi connectivity index (χ1n) is 6.52. The van der Waals surface area contributed by atoms with Gasteiger partial charge in [0.1, 0.15) is 0 Å². The van der Waals surface area contributed by atoms with Crippen molar-refractivity contribution in [3.8, 4) is 0 Å². The number of aryl methyl sites for hydroxylation is 1. The van der Waals surface area contributed by atoms with Gasteiger partial charge in [-0.1, -0.05) is 0 Å². The lowest BCUT2D eigenvalue weighted by atomic mass is 9.95. The summed E-state index contributed by atoms with van der Waals surface area (Å²) in [6.45, 7) is 3.08. The van der Waals surface area contributed by atoms with Crippen molar-refractivity contribution in [1.82, 2.24) is 24.6 Å². The Hall–Kier alpha value is -1.62. The predicted octanol–water partition coefficient (Wildman–Crippen LogP) is 1.13. The molecule has 1 aliphatic heterocycles. The lowest BCUT2D eigenvalue weighted by molar-refractivity contribution is 0.441. The summed E-state index contributed by atoms with van der Waals surface area (Å²) < 4.78 is 4.18. The van der Waals surface area contributed by atoms with Gasteiger partial charge in [-0.3, -0.25) is 4.68 Å². The molecule has 2 aromatic heterocycles. The zero-order valence-corrected chi connectivity index (χ0v) is 10.7. The molecule has 0 radical (unpaired) electrons. The first kappa shape index (κ1) is 11.5. The van der Waals surface area contributed by atoms with Gasteiger partial charge in [0.05, 0.1) is 18.6 Å². The molecule has 18 heavy (non-hydrogen) atoms. The Morgan fingerprint density at radius 1 is 1.39 bits per heavy atom. The van der Waals surface area contributed by atoms with E-state index in [0.29, 0.717) is 5.92 Å². The lowest BCUT2D eigenvalue weighted by Gasteiger charge is -2.23. The smallest absolute Gasteiger partial charge is 0.0951 e. The third-order valence-corrected chi connectivity index (χ3v) is 3.76. The van der Waals surface area contributed by atoms with Crippen molar-refractivity contribution in [2.24, 2.45) is 7.05 Å². The van der Waals surface area contributed by atoms with E-state index in [0.717, 1.165) is 19.6 Å². The Morgan fingerprint density at radius 3 is 2.94 bits per heavy atom. The van der Waals surface area contributed by atoms with Crippen LogP contribution in [-0.2, 0) is 13.6 Å². The Labute approximate surface area is 107 Å². The normalized spacial score (nSPS) is 17.2. The van der Waals surface area contributed by atoms with E-state index in [9.17, 15) is 0 Å². The lowest BCUT2D eigenvalue weighted by Crippen LogP contribution is -2.27. The molecular weight excluding hydrogens is 226 g/mol. The molecule has 96 valence electrons. The minimum atomic E-state index is 0.641. The van der Waals surface area contributed by atoms with E-state index >= 15 is 0 Å². The third-order valence-electron chi connectivity index (χ3n) is 3.76. The largest absolute Gasteiger partial charge is 0.328 e. The summed E-state index contributed by atoms with van der Waals surface area (Å²) in [6.07, 6.45) is 8.21. The molecule has 0 aromatic carbocycles. The van der Waals surface area contributed by atoms with E-state index in [1.54, 1.807) is 0 Å². The maximum Gasteiger partial charge on any atom is 0.0951 e. The van der Waals surface area contributed by atoms with Crippen LogP contribution < -0.4 is 5.32 Å². The first-order chi connectivity index (χ1) is 8.84. The summed E-state index contributed by atoms with van der Waals surface area (Å²) >= 11 is 0. The molecule has 3 heterocycles. The quantitative estimate of drug-likeness (QED) is 0.882. The van der Waals surface area contributed by atoms with Crippen LogP contribution in [0.5, 0.6) is 0 Å². The first-order valence-corrected chi connectivity index (χ1v) is 6.52. The molecule has 0 amide bonds. The van der Waals surface area contributed by atoms with Gasteiger partial charge in [0.2, 0.25) is 0 Å². The van der Waals surface area contributed by atoms with Crippen LogP contribution in [-0.4, -0.2) is 32.4 Å². The standard InChI is InChI=1S/C13H19N5/c1-17-12(4-7-16-17)9-18-10-15-8-13(18)11-2-5-14-6-3-11/h4,7-8,10-11,14H,2-3,5-6,9H2,1H3. The number of hydrogen-bond acceptors (Lipinski definition) is 3. The second kappa shape index (κ2) is 4.94. The van der Waals surface area contributed by atoms with E-state index in [-0.39, 0.29) is 0 Å². The molecule has 1 fully saturated rings. The highest BCUT2D eigenvalue weighted by Gasteiger charge is 2.19. The molecule has 1 aliphatic rings. The number of hydrogen-bond donors (Lipinski definition) is 1. The van der Waals surface area contributed by atoms with Crippen LogP contribution in [0.3, 0.4) is 0 Å². The summed E-state index contributed by atoms with van der Waals surface area (Å²) in [6, 6.07) is 2.06. The van der Waals surface area contributed by atoms with E-state index in [4.69, 9.17) is 0 Å². The Bertz CT molecular complexity index is 507. The van der Waals surface area contributed by atoms with Crippen molar-refractivity contribution in [2.75, 3.05) is 13.1 Å². The van der Waals surface area contributed by atoms with Crippen LogP contribution >= 0.6 is 0 Å². The molecule has 2 aromatic rings. The van der Waals surface area contributed by atoms with Gasteiger partial charge in [-0.05, 0) is 32.0 Å². The number of nitrogens with one attached hydrogen (secondary N) is 1. The van der Waals surface area contributed by atoms with Crippen molar-refractivity contribution < 1.29 is 0 Å². The topological polar surface area (TPSA) is 47.7 Å². The fraction of sp³-hybridized carbons (Fsp3) is 0.538. The molecule has 1 saturated heterocycles. The van der Waals surface area contributed by atoms with Gasteiger partial charge in [-0.25, -0.2) is 4.98 Å². The van der Waals surface area contributed by atoms with Gasteiger partial charge in [0, 0.05) is 31.1 Å². The number of imidazole rings is 1. The van der Waals surface area contributed by atoms with Gasteiger partial charge < -0.3 is 9.88 Å². The fourth-order valence-corrected chi connectivity index (χ4v) is 2.65. The minimum Gasteiger partial charge on any atom is -0.328 e. The average Bonchev–Trinajstić information content (AvgIpc) is 3.01. The van der Waals surface area contributed by atoms with E-state index in [2.05, 4.69) is 26.0 Å². The SMILES string of the molecule is Cn1nccc1Cn1cncc1C1CCNCC1. The molecule has 0 spiro atoms. The van der Waals surface area contributed by atoms with Gasteiger partial charge >= 0.3 is 0 Å². The molecule has 0 saturated carbocycles. The summed E-state index contributed by atoms with van der Waals surface area (Å²) in [5.41, 5.74) is 2.57. The van der Waals surface area contributed by atoms with Crippen molar-refractivity contribution >= 4 is 0 Å². The third kappa shape index (κ3) is 2.18. The Balaban J connectivity index is 1.80. The molecule has 3 rings (SSSR count). The second-order valence-corrected chi connectivity index (χ2v) is 4.92. The van der Waals surface area contributed by atoms with E-state index in [1.165, 1.54) is 24.2 Å². The van der Waals surface area contributed by atoms with Crippen LogP contribution in [0.2, 0.25) is 0 Å². The highest BCUT2D eigenvalue weighted by molar-refractivity contribution is 5.11. The number of rotatable bonds is 3. The van der Waals surface area contributed by atoms with Gasteiger partial charge in [0.15, 0.2) is 0 Å². The summed E-state index contributed by atoms with van der Waals surface area (Å²) in [5, 5.41) is 7.62. The van der Waals surface area contributed by atoms with Crippen molar-refractivity contribution in [3.63, 3.8) is 0 Å². The van der Waals surface area contributed by atoms with Gasteiger partial charge in [-0.2, -0.15) is 5.10 Å². The summed E-state index contributed by atoms with van der Waals surface area (Å²) in [5.74, 6) is 0.641. The second-order valence-electron chi connectivity index (χ2n) is 4.92. The van der Waals surface area contributed by atoms with Gasteiger partial charge in [0.25, 0.3) is 0 Å². The minimum absolute atomic E-state index is 0.641. The Kier molecular flexibility index (Phi) is 3.15. The predicted molar refractivity (Wildman–Crippen MR) is 69.4 cm³/mol. The highest BCUT2D eigenvalue weighted by Crippen LogP contribution is 2.25. The van der Waals surface area contributed by atoms with Crippen LogP contribution in [0.1, 0.15) is 30.1 Å². The monoisotopic (exact) mass is 245 g/mol. The molecule has 0 aliphatic carbocycles. The summed E-state index contributed by atoms with van der Waals surface area (Å²) in [4.78, 5) is 4.32. The zero-order valence-electron chi connectivity index (χ0n) is 10.7. The number of piperidine rings is 1. The molecule has 0 unspecified atom stereocenters. The molecule has 0 bridgehead atoms. The number of nitrogens with zero attached hydrogens (tertiary/aromatic N) is 4. The fourth-order valence-electron chi connectivity index (χ4n) is 2.65. The number of aromatic nitrogens is 4. The molecule has 1 N–H and O–H groups in total. The molecule has 5 heteroatoms. The maximum atomic E-state index is 4.32. The zero-order chi connectivity index (χ0) is 12.4. The van der Waals surface area contributed by atoms with E-state index < -0.39 is 0 Å². The summed E-state index contributed by atoms with van der Waals surface area (Å²) in [7, 11) is 1.98. The van der Waals surface area contributed by atoms with Crippen molar-refractivity contribution in [2.45, 2.75) is 25.3 Å². The van der Waals surface area contributed by atoms with Crippen LogP contribution in [0.25, 0.3) is 0 Å². The average molecular weight is 245 g/mol. The van der Waals surface area contributed by atoms with E-state index in [1.807, 2.05) is 30.5 Å². The van der Waals surface area contributed by atoms with Gasteiger partial charge in [-0.15, -0.1) is 0 Å². The van der Waals surface area contributed by atoms with Crippen molar-refractivity contribution in [3.05, 3.63) is 36.2 Å². The van der Waals surface area contributed by atoms with Crippen LogP contribution in [0.15, 0.2) is 24.8 Å². The molecule has 5 nitrogen and oxygen atoms in total. The van der Waals surface area contributed by atoms with Crippen LogP contribution in [0.4, 0.5) is 0 Å². The molecular formula is C13H19N5. The Morgan fingerprint density at radius 2 is 2.22 bits per heavy atom. The highest BCUT2D eigenvalue weighted by atomic mass is 15.3. The van der Waals surface area contributed by atoms with Crippen molar-refractivity contribution in [1.29, 1.82) is 0 Å².